The van der Waals surface area contributed by atoms with Crippen molar-refractivity contribution in [1.82, 2.24) is 5.32 Å². The van der Waals surface area contributed by atoms with Crippen molar-refractivity contribution in [3.8, 4) is 5.75 Å². The zero-order valence-electron chi connectivity index (χ0n) is 10.2. The van der Waals surface area contributed by atoms with E-state index in [1.165, 1.54) is 17.1 Å². The van der Waals surface area contributed by atoms with Crippen LogP contribution in [0.4, 0.5) is 0 Å². The summed E-state index contributed by atoms with van der Waals surface area (Å²) in [4.78, 5) is 0. The van der Waals surface area contributed by atoms with E-state index in [0.29, 0.717) is 12.0 Å². The summed E-state index contributed by atoms with van der Waals surface area (Å²) in [6.45, 7) is 0. The molecular weight excluding hydrogens is 254 g/mol. The van der Waals surface area contributed by atoms with Crippen LogP contribution in [-0.2, 0) is 6.42 Å². The summed E-state index contributed by atoms with van der Waals surface area (Å²) in [5, 5.41) is 4.18. The van der Waals surface area contributed by atoms with Gasteiger partial charge in [-0.1, -0.05) is 11.6 Å². The van der Waals surface area contributed by atoms with Crippen LogP contribution in [0.5, 0.6) is 5.75 Å². The minimum atomic E-state index is 0.601. The van der Waals surface area contributed by atoms with E-state index in [1.54, 1.807) is 7.11 Å². The molecule has 0 aliphatic carbocycles. The van der Waals surface area contributed by atoms with Gasteiger partial charge in [-0.05, 0) is 48.9 Å². The van der Waals surface area contributed by atoms with Gasteiger partial charge in [0.15, 0.2) is 0 Å². The third-order valence-corrected chi connectivity index (χ3v) is 4.79. The van der Waals surface area contributed by atoms with Crippen LogP contribution >= 0.6 is 23.4 Å². The van der Waals surface area contributed by atoms with E-state index in [-0.39, 0.29) is 0 Å². The van der Waals surface area contributed by atoms with E-state index in [9.17, 15) is 0 Å². The molecule has 0 aromatic heterocycles. The van der Waals surface area contributed by atoms with Crippen LogP contribution in [0.1, 0.15) is 5.56 Å². The molecule has 2 nitrogen and oxygen atoms in total. The molecule has 0 bridgehead atoms. The maximum absolute atomic E-state index is 6.05. The number of thioether (sulfide) groups is 1. The number of nitrogens with one attached hydrogen (secondary N) is 1. The highest BCUT2D eigenvalue weighted by molar-refractivity contribution is 7.99. The number of ether oxygens (including phenoxy) is 1. The van der Waals surface area contributed by atoms with Gasteiger partial charge < -0.3 is 10.1 Å². The van der Waals surface area contributed by atoms with Crippen molar-refractivity contribution >= 4 is 23.4 Å². The van der Waals surface area contributed by atoms with Gasteiger partial charge >= 0.3 is 0 Å². The topological polar surface area (TPSA) is 21.3 Å². The Hall–Kier alpha value is -0.380. The third kappa shape index (κ3) is 3.09. The van der Waals surface area contributed by atoms with Crippen molar-refractivity contribution in [2.24, 2.45) is 5.92 Å². The van der Waals surface area contributed by atoms with Crippen LogP contribution in [0.15, 0.2) is 18.2 Å². The molecule has 0 spiro atoms. The molecule has 0 radical (unpaired) electrons. The van der Waals surface area contributed by atoms with Gasteiger partial charge in [-0.25, -0.2) is 0 Å². The van der Waals surface area contributed by atoms with Crippen LogP contribution < -0.4 is 10.1 Å². The SMILES string of the molecule is CNC1CSCC1Cc1cc(Cl)ccc1OC. The smallest absolute Gasteiger partial charge is 0.122 e. The van der Waals surface area contributed by atoms with Crippen molar-refractivity contribution in [2.45, 2.75) is 12.5 Å². The average Bonchev–Trinajstić information content (AvgIpc) is 2.77. The predicted octanol–water partition coefficient (Wildman–Crippen LogP) is 2.84. The second-order valence-electron chi connectivity index (χ2n) is 4.35. The number of rotatable bonds is 4. The standard InChI is InChI=1S/C13H18ClNOS/c1-15-12-8-17-7-10(12)5-9-6-11(14)3-4-13(9)16-2/h3-4,6,10,12,15H,5,7-8H2,1-2H3. The molecule has 1 N–H and O–H groups in total. The molecule has 1 aromatic rings. The lowest BCUT2D eigenvalue weighted by Crippen LogP contribution is -2.33. The molecule has 17 heavy (non-hydrogen) atoms. The van der Waals surface area contributed by atoms with Gasteiger partial charge in [0.05, 0.1) is 7.11 Å². The van der Waals surface area contributed by atoms with Gasteiger partial charge in [-0.3, -0.25) is 0 Å². The molecule has 1 aliphatic heterocycles. The molecule has 4 heteroatoms. The first-order chi connectivity index (χ1) is 8.24. The quantitative estimate of drug-likeness (QED) is 0.910. The molecule has 0 amide bonds. The number of benzene rings is 1. The van der Waals surface area contributed by atoms with Gasteiger partial charge in [0.1, 0.15) is 5.75 Å². The molecule has 1 heterocycles. The number of halogens is 1. The molecule has 0 saturated carbocycles. The van der Waals surface area contributed by atoms with Gasteiger partial charge in [-0.2, -0.15) is 11.8 Å². The average molecular weight is 272 g/mol. The van der Waals surface area contributed by atoms with Gasteiger partial charge in [0, 0.05) is 16.8 Å². The molecule has 2 unspecified atom stereocenters. The Morgan fingerprint density at radius 3 is 3.00 bits per heavy atom. The summed E-state index contributed by atoms with van der Waals surface area (Å²) in [6, 6.07) is 6.45. The fourth-order valence-electron chi connectivity index (χ4n) is 2.31. The Kier molecular flexibility index (Phi) is 4.60. The molecule has 1 aliphatic rings. The van der Waals surface area contributed by atoms with Gasteiger partial charge in [0.25, 0.3) is 0 Å². The normalized spacial score (nSPS) is 23.9. The lowest BCUT2D eigenvalue weighted by molar-refractivity contribution is 0.398. The van der Waals surface area contributed by atoms with E-state index in [4.69, 9.17) is 16.3 Å². The molecule has 94 valence electrons. The van der Waals surface area contributed by atoms with Crippen molar-refractivity contribution in [2.75, 3.05) is 25.7 Å². The molecule has 1 aromatic carbocycles. The number of hydrogen-bond acceptors (Lipinski definition) is 3. The number of hydrogen-bond donors (Lipinski definition) is 1. The van der Waals surface area contributed by atoms with Crippen molar-refractivity contribution in [1.29, 1.82) is 0 Å². The van der Waals surface area contributed by atoms with E-state index >= 15 is 0 Å². The first-order valence-corrected chi connectivity index (χ1v) is 7.35. The summed E-state index contributed by atoms with van der Waals surface area (Å²) in [5.41, 5.74) is 1.22. The van der Waals surface area contributed by atoms with E-state index in [2.05, 4.69) is 5.32 Å². The molecular formula is C13H18ClNOS. The second kappa shape index (κ2) is 5.98. The highest BCUT2D eigenvalue weighted by atomic mass is 35.5. The Balaban J connectivity index is 2.14. The summed E-state index contributed by atoms with van der Waals surface area (Å²) in [7, 11) is 3.75. The lowest BCUT2D eigenvalue weighted by Gasteiger charge is -2.19. The Bertz CT molecular complexity index is 386. The Morgan fingerprint density at radius 2 is 2.29 bits per heavy atom. The fourth-order valence-corrected chi connectivity index (χ4v) is 3.98. The van der Waals surface area contributed by atoms with Crippen molar-refractivity contribution < 1.29 is 4.74 Å². The molecule has 1 saturated heterocycles. The van der Waals surface area contributed by atoms with Crippen LogP contribution in [0, 0.1) is 5.92 Å². The van der Waals surface area contributed by atoms with Gasteiger partial charge in [-0.15, -0.1) is 0 Å². The van der Waals surface area contributed by atoms with Crippen LogP contribution in [0.2, 0.25) is 5.02 Å². The van der Waals surface area contributed by atoms with Crippen LogP contribution in [0.25, 0.3) is 0 Å². The van der Waals surface area contributed by atoms with Crippen LogP contribution in [-0.4, -0.2) is 31.7 Å². The van der Waals surface area contributed by atoms with E-state index in [1.807, 2.05) is 37.0 Å². The molecule has 1 fully saturated rings. The second-order valence-corrected chi connectivity index (χ2v) is 5.86. The monoisotopic (exact) mass is 271 g/mol. The van der Waals surface area contributed by atoms with Gasteiger partial charge in [0.2, 0.25) is 0 Å². The maximum atomic E-state index is 6.05. The minimum absolute atomic E-state index is 0.601. The minimum Gasteiger partial charge on any atom is -0.496 e. The van der Waals surface area contributed by atoms with E-state index in [0.717, 1.165) is 17.2 Å². The fraction of sp³-hybridized carbons (Fsp3) is 0.538. The first kappa shape index (κ1) is 13.1. The summed E-state index contributed by atoms with van der Waals surface area (Å²) in [6.07, 6.45) is 1.03. The predicted molar refractivity (Wildman–Crippen MR) is 75.4 cm³/mol. The highest BCUT2D eigenvalue weighted by Crippen LogP contribution is 2.31. The highest BCUT2D eigenvalue weighted by Gasteiger charge is 2.27. The third-order valence-electron chi connectivity index (χ3n) is 3.29. The summed E-state index contributed by atoms with van der Waals surface area (Å²) in [5.74, 6) is 4.02. The lowest BCUT2D eigenvalue weighted by atomic mass is 9.94. The van der Waals surface area contributed by atoms with Crippen molar-refractivity contribution in [3.63, 3.8) is 0 Å². The summed E-state index contributed by atoms with van der Waals surface area (Å²) < 4.78 is 5.39. The zero-order valence-corrected chi connectivity index (χ0v) is 11.8. The molecule has 2 rings (SSSR count). The van der Waals surface area contributed by atoms with Crippen molar-refractivity contribution in [3.05, 3.63) is 28.8 Å². The van der Waals surface area contributed by atoms with E-state index < -0.39 is 0 Å². The molecule has 2 atom stereocenters. The Labute approximate surface area is 112 Å². The Morgan fingerprint density at radius 1 is 1.47 bits per heavy atom. The largest absolute Gasteiger partial charge is 0.496 e. The first-order valence-electron chi connectivity index (χ1n) is 5.82. The maximum Gasteiger partial charge on any atom is 0.122 e. The van der Waals surface area contributed by atoms with Crippen LogP contribution in [0.3, 0.4) is 0 Å². The summed E-state index contributed by atoms with van der Waals surface area (Å²) >= 11 is 8.07. The number of methoxy groups -OCH3 is 1. The zero-order chi connectivity index (χ0) is 12.3.